The number of carbonyl (C=O) groups is 3. The molecule has 1 aromatic heterocycles. The van der Waals surface area contributed by atoms with E-state index in [0.717, 1.165) is 12.8 Å². The van der Waals surface area contributed by atoms with Crippen molar-refractivity contribution in [2.75, 3.05) is 6.54 Å². The normalized spacial score (nSPS) is 16.4. The van der Waals surface area contributed by atoms with Crippen LogP contribution in [0.5, 0.6) is 0 Å². The minimum absolute atomic E-state index is 0.0403. The van der Waals surface area contributed by atoms with Crippen LogP contribution in [0, 0.1) is 0 Å². The van der Waals surface area contributed by atoms with Crippen LogP contribution >= 0.6 is 0 Å². The molecule has 0 spiro atoms. The van der Waals surface area contributed by atoms with Gasteiger partial charge >= 0.3 is 5.97 Å². The molecule has 2 rings (SSSR count). The maximum atomic E-state index is 11.8. The van der Waals surface area contributed by atoms with Gasteiger partial charge in [0.2, 0.25) is 5.91 Å². The highest BCUT2D eigenvalue weighted by molar-refractivity contribution is 5.94. The van der Waals surface area contributed by atoms with Gasteiger partial charge in [0.1, 0.15) is 11.8 Å². The van der Waals surface area contributed by atoms with Crippen LogP contribution in [0.1, 0.15) is 42.5 Å². The Hall–Kier alpha value is -2.31. The first-order valence-electron chi connectivity index (χ1n) is 6.88. The smallest absolute Gasteiger partial charge is 0.329 e. The van der Waals surface area contributed by atoms with Gasteiger partial charge in [-0.1, -0.05) is 12.8 Å². The third-order valence-electron chi connectivity index (χ3n) is 3.67. The highest BCUT2D eigenvalue weighted by Gasteiger charge is 2.42. The Balaban J connectivity index is 1.77. The maximum absolute atomic E-state index is 11.8. The van der Waals surface area contributed by atoms with Gasteiger partial charge in [0.25, 0.3) is 5.91 Å². The fourth-order valence-corrected chi connectivity index (χ4v) is 2.49. The largest absolute Gasteiger partial charge is 0.480 e. The van der Waals surface area contributed by atoms with Crippen LogP contribution in [-0.2, 0) is 9.59 Å². The Morgan fingerprint density at radius 3 is 2.57 bits per heavy atom. The second-order valence-corrected chi connectivity index (χ2v) is 5.16. The van der Waals surface area contributed by atoms with Gasteiger partial charge in [0.15, 0.2) is 0 Å². The Bertz CT molecular complexity index is 517. The van der Waals surface area contributed by atoms with Crippen molar-refractivity contribution in [3.05, 3.63) is 24.2 Å². The van der Waals surface area contributed by atoms with Crippen LogP contribution in [0.25, 0.3) is 0 Å². The van der Waals surface area contributed by atoms with Crippen molar-refractivity contribution in [1.82, 2.24) is 10.6 Å². The van der Waals surface area contributed by atoms with Crippen LogP contribution in [0.3, 0.4) is 0 Å². The number of carboxylic acid groups (broad SMARTS) is 1. The molecule has 1 aliphatic carbocycles. The molecule has 0 atom stereocenters. The topological polar surface area (TPSA) is 109 Å². The number of nitrogens with one attached hydrogen (secondary N) is 2. The summed E-state index contributed by atoms with van der Waals surface area (Å²) in [6.45, 7) is 0.144. The molecule has 0 saturated heterocycles. The van der Waals surface area contributed by atoms with Crippen LogP contribution in [0.4, 0.5) is 0 Å². The summed E-state index contributed by atoms with van der Waals surface area (Å²) in [5.74, 6) is -1.69. The van der Waals surface area contributed by atoms with Crippen molar-refractivity contribution in [3.63, 3.8) is 0 Å². The molecule has 0 aromatic carbocycles. The first kappa shape index (κ1) is 15.1. The van der Waals surface area contributed by atoms with Crippen molar-refractivity contribution < 1.29 is 23.9 Å². The molecule has 114 valence electrons. The lowest BCUT2D eigenvalue weighted by atomic mass is 9.97. The highest BCUT2D eigenvalue weighted by atomic mass is 16.4. The highest BCUT2D eigenvalue weighted by Crippen LogP contribution is 2.29. The van der Waals surface area contributed by atoms with E-state index in [4.69, 9.17) is 4.42 Å². The average Bonchev–Trinajstić information content (AvgIpc) is 3.10. The van der Waals surface area contributed by atoms with Gasteiger partial charge in [-0.2, -0.15) is 0 Å². The quantitative estimate of drug-likeness (QED) is 0.722. The van der Waals surface area contributed by atoms with Crippen LogP contribution in [0.2, 0.25) is 0 Å². The minimum atomic E-state index is -1.13. The number of hydrogen-bond donors (Lipinski definition) is 3. The molecular weight excluding hydrogens is 276 g/mol. The zero-order valence-corrected chi connectivity index (χ0v) is 11.6. The van der Waals surface area contributed by atoms with Gasteiger partial charge in [0.05, 0.1) is 11.8 Å². The average molecular weight is 294 g/mol. The number of carboxylic acids is 1. The molecule has 0 aliphatic heterocycles. The first-order valence-corrected chi connectivity index (χ1v) is 6.88. The molecule has 0 bridgehead atoms. The summed E-state index contributed by atoms with van der Waals surface area (Å²) in [6.07, 6.45) is 5.24. The summed E-state index contributed by atoms with van der Waals surface area (Å²) >= 11 is 0. The lowest BCUT2D eigenvalue weighted by Crippen LogP contribution is -2.52. The fourth-order valence-electron chi connectivity index (χ4n) is 2.49. The van der Waals surface area contributed by atoms with E-state index in [-0.39, 0.29) is 24.8 Å². The van der Waals surface area contributed by atoms with E-state index in [2.05, 4.69) is 10.6 Å². The predicted molar refractivity (Wildman–Crippen MR) is 72.6 cm³/mol. The van der Waals surface area contributed by atoms with Crippen molar-refractivity contribution in [2.45, 2.75) is 37.6 Å². The molecule has 7 heteroatoms. The molecule has 0 unspecified atom stereocenters. The minimum Gasteiger partial charge on any atom is -0.480 e. The summed E-state index contributed by atoms with van der Waals surface area (Å²) in [6, 6.07) is 1.52. The van der Waals surface area contributed by atoms with Gasteiger partial charge in [-0.05, 0) is 18.9 Å². The van der Waals surface area contributed by atoms with Crippen LogP contribution in [0.15, 0.2) is 23.0 Å². The number of furan rings is 1. The zero-order valence-electron chi connectivity index (χ0n) is 11.6. The lowest BCUT2D eigenvalue weighted by Gasteiger charge is -2.25. The van der Waals surface area contributed by atoms with Crippen LogP contribution < -0.4 is 10.6 Å². The molecule has 7 nitrogen and oxygen atoms in total. The van der Waals surface area contributed by atoms with E-state index < -0.39 is 11.5 Å². The molecule has 1 fully saturated rings. The molecule has 1 heterocycles. The molecule has 1 aliphatic rings. The SMILES string of the molecule is O=C(CCNC(=O)c1ccoc1)NC1(C(=O)O)CCCC1. The molecule has 21 heavy (non-hydrogen) atoms. The van der Waals surface area contributed by atoms with Crippen molar-refractivity contribution in [1.29, 1.82) is 0 Å². The Morgan fingerprint density at radius 1 is 1.29 bits per heavy atom. The number of rotatable bonds is 6. The Kier molecular flexibility index (Phi) is 4.62. The summed E-state index contributed by atoms with van der Waals surface area (Å²) < 4.78 is 4.79. The third kappa shape index (κ3) is 3.62. The maximum Gasteiger partial charge on any atom is 0.329 e. The van der Waals surface area contributed by atoms with E-state index >= 15 is 0 Å². The third-order valence-corrected chi connectivity index (χ3v) is 3.67. The van der Waals surface area contributed by atoms with Gasteiger partial charge in [0, 0.05) is 13.0 Å². The van der Waals surface area contributed by atoms with Crippen molar-refractivity contribution >= 4 is 17.8 Å². The predicted octanol–water partition coefficient (Wildman–Crippen LogP) is 0.913. The second kappa shape index (κ2) is 6.43. The number of hydrogen-bond acceptors (Lipinski definition) is 4. The molecule has 1 aromatic rings. The lowest BCUT2D eigenvalue weighted by molar-refractivity contribution is -0.147. The summed E-state index contributed by atoms with van der Waals surface area (Å²) in [4.78, 5) is 34.7. The first-order chi connectivity index (χ1) is 10.0. The van der Waals surface area contributed by atoms with Gasteiger partial charge in [-0.15, -0.1) is 0 Å². The molecule has 3 N–H and O–H groups in total. The Morgan fingerprint density at radius 2 is 2.00 bits per heavy atom. The van der Waals surface area contributed by atoms with Crippen molar-refractivity contribution in [3.8, 4) is 0 Å². The molecule has 1 saturated carbocycles. The van der Waals surface area contributed by atoms with Crippen molar-refractivity contribution in [2.24, 2.45) is 0 Å². The molecule has 0 radical (unpaired) electrons. The number of amides is 2. The van der Waals surface area contributed by atoms with E-state index in [1.807, 2.05) is 0 Å². The fraction of sp³-hybridized carbons (Fsp3) is 0.500. The summed E-state index contributed by atoms with van der Waals surface area (Å²) in [7, 11) is 0. The van der Waals surface area contributed by atoms with E-state index in [1.54, 1.807) is 0 Å². The Labute approximate surface area is 121 Å². The van der Waals surface area contributed by atoms with Gasteiger partial charge < -0.3 is 20.2 Å². The van der Waals surface area contributed by atoms with Gasteiger partial charge in [-0.3, -0.25) is 9.59 Å². The van der Waals surface area contributed by atoms with E-state index in [1.165, 1.54) is 18.6 Å². The number of aliphatic carboxylic acids is 1. The van der Waals surface area contributed by atoms with E-state index in [0.29, 0.717) is 18.4 Å². The standard InChI is InChI=1S/C14H18N2O5/c17-11(16-14(13(19)20)5-1-2-6-14)3-7-15-12(18)10-4-8-21-9-10/h4,8-9H,1-3,5-7H2,(H,15,18)(H,16,17)(H,19,20). The zero-order chi connectivity index (χ0) is 15.3. The monoisotopic (exact) mass is 294 g/mol. The van der Waals surface area contributed by atoms with E-state index in [9.17, 15) is 19.5 Å². The molecule has 2 amide bonds. The van der Waals surface area contributed by atoms with Crippen LogP contribution in [-0.4, -0.2) is 35.0 Å². The van der Waals surface area contributed by atoms with Gasteiger partial charge in [-0.25, -0.2) is 4.79 Å². The summed E-state index contributed by atoms with van der Waals surface area (Å²) in [5.41, 5.74) is -0.751. The summed E-state index contributed by atoms with van der Waals surface area (Å²) in [5, 5.41) is 14.4. The second-order valence-electron chi connectivity index (χ2n) is 5.16. The molecular formula is C14H18N2O5. The number of carbonyl (C=O) groups excluding carboxylic acids is 2.